The first-order valence-electron chi connectivity index (χ1n) is 9.30. The maximum atomic E-state index is 13.1. The summed E-state index contributed by atoms with van der Waals surface area (Å²) >= 11 is 0. The molecule has 2 aliphatic heterocycles. The zero-order valence-corrected chi connectivity index (χ0v) is 16.2. The summed E-state index contributed by atoms with van der Waals surface area (Å²) in [5, 5.41) is 12.6. The van der Waals surface area contributed by atoms with Gasteiger partial charge in [-0.3, -0.25) is 14.5 Å². The number of benzene rings is 1. The fourth-order valence-corrected chi connectivity index (χ4v) is 3.71. The van der Waals surface area contributed by atoms with Crippen LogP contribution in [0.4, 0.5) is 0 Å². The van der Waals surface area contributed by atoms with Gasteiger partial charge in [0.05, 0.1) is 46.6 Å². The Balaban J connectivity index is 1.84. The molecule has 2 fully saturated rings. The van der Waals surface area contributed by atoms with Crippen molar-refractivity contribution in [2.75, 3.05) is 60.2 Å². The van der Waals surface area contributed by atoms with Crippen molar-refractivity contribution in [3.8, 4) is 11.5 Å². The largest absolute Gasteiger partial charge is 0.493 e. The lowest BCUT2D eigenvalue weighted by Crippen LogP contribution is -2.55. The number of methoxy groups -OCH3 is 2. The highest BCUT2D eigenvalue weighted by molar-refractivity contribution is 5.82. The van der Waals surface area contributed by atoms with Gasteiger partial charge in [-0.25, -0.2) is 0 Å². The molecular weight excluding hydrogens is 366 g/mol. The Bertz CT molecular complexity index is 713. The van der Waals surface area contributed by atoms with Gasteiger partial charge in [-0.2, -0.15) is 0 Å². The average Bonchev–Trinajstić information content (AvgIpc) is 2.72. The third-order valence-electron chi connectivity index (χ3n) is 5.08. The van der Waals surface area contributed by atoms with Gasteiger partial charge in [0.15, 0.2) is 11.5 Å². The van der Waals surface area contributed by atoms with Gasteiger partial charge in [-0.1, -0.05) is 6.07 Å². The number of nitrogens with zero attached hydrogens (tertiary/aromatic N) is 2. The molecule has 2 N–H and O–H groups in total. The number of hydrogen-bond acceptors (Lipinski definition) is 7. The molecule has 2 atom stereocenters. The van der Waals surface area contributed by atoms with E-state index in [9.17, 15) is 14.7 Å². The molecule has 0 aliphatic carbocycles. The molecule has 0 spiro atoms. The standard InChI is InChI=1S/C19H27N3O6/c1-26-14-4-3-13(9-15(14)27-2)19-16(12-23)28-8-7-22(19)18(25)11-21-6-5-20-17(24)10-21/h3-4,9,16,19,23H,5-8,10-12H2,1-2H3,(H,20,24)/t16-,19-/m0/s1. The van der Waals surface area contributed by atoms with Crippen molar-refractivity contribution in [3.63, 3.8) is 0 Å². The van der Waals surface area contributed by atoms with Crippen LogP contribution in [-0.2, 0) is 14.3 Å². The Kier molecular flexibility index (Phi) is 6.71. The third kappa shape index (κ3) is 4.37. The number of nitrogens with one attached hydrogen (secondary N) is 1. The van der Waals surface area contributed by atoms with E-state index in [0.717, 1.165) is 5.56 Å². The summed E-state index contributed by atoms with van der Waals surface area (Å²) in [6.45, 7) is 2.07. The van der Waals surface area contributed by atoms with Crippen LogP contribution < -0.4 is 14.8 Å². The lowest BCUT2D eigenvalue weighted by molar-refractivity contribution is -0.151. The molecule has 154 valence electrons. The second kappa shape index (κ2) is 9.22. The second-order valence-corrected chi connectivity index (χ2v) is 6.80. The number of carbonyl (C=O) groups excluding carboxylic acids is 2. The van der Waals surface area contributed by atoms with Crippen molar-refractivity contribution in [1.29, 1.82) is 0 Å². The maximum absolute atomic E-state index is 13.1. The number of carbonyl (C=O) groups is 2. The quantitative estimate of drug-likeness (QED) is 0.665. The Hall–Kier alpha value is -2.36. The summed E-state index contributed by atoms with van der Waals surface area (Å²) in [5.74, 6) is 0.949. The zero-order chi connectivity index (χ0) is 20.1. The van der Waals surface area contributed by atoms with E-state index in [1.54, 1.807) is 31.3 Å². The molecule has 3 rings (SSSR count). The normalized spacial score (nSPS) is 23.2. The molecule has 28 heavy (non-hydrogen) atoms. The van der Waals surface area contributed by atoms with E-state index < -0.39 is 12.1 Å². The maximum Gasteiger partial charge on any atom is 0.237 e. The fraction of sp³-hybridized carbons (Fsp3) is 0.579. The molecule has 2 heterocycles. The molecule has 9 nitrogen and oxygen atoms in total. The van der Waals surface area contributed by atoms with E-state index in [1.807, 2.05) is 11.0 Å². The molecule has 2 saturated heterocycles. The Morgan fingerprint density at radius 2 is 2.07 bits per heavy atom. The minimum Gasteiger partial charge on any atom is -0.493 e. The number of ether oxygens (including phenoxy) is 3. The van der Waals surface area contributed by atoms with Crippen LogP contribution in [-0.4, -0.2) is 93.0 Å². The first kappa shape index (κ1) is 20.4. The lowest BCUT2D eigenvalue weighted by Gasteiger charge is -2.42. The number of morpholine rings is 1. The fourth-order valence-electron chi connectivity index (χ4n) is 3.71. The van der Waals surface area contributed by atoms with E-state index in [2.05, 4.69) is 5.32 Å². The number of hydrogen-bond donors (Lipinski definition) is 2. The molecule has 0 aromatic heterocycles. The zero-order valence-electron chi connectivity index (χ0n) is 16.2. The summed E-state index contributed by atoms with van der Waals surface area (Å²) < 4.78 is 16.4. The second-order valence-electron chi connectivity index (χ2n) is 6.80. The summed E-state index contributed by atoms with van der Waals surface area (Å²) in [7, 11) is 3.11. The third-order valence-corrected chi connectivity index (χ3v) is 5.08. The van der Waals surface area contributed by atoms with Crippen LogP contribution >= 0.6 is 0 Å². The topological polar surface area (TPSA) is 101 Å². The van der Waals surface area contributed by atoms with Crippen molar-refractivity contribution in [2.24, 2.45) is 0 Å². The van der Waals surface area contributed by atoms with Crippen LogP contribution in [0.1, 0.15) is 11.6 Å². The summed E-state index contributed by atoms with van der Waals surface area (Å²) in [4.78, 5) is 28.2. The predicted octanol–water partition coefficient (Wildman–Crippen LogP) is -0.604. The molecule has 0 saturated carbocycles. The van der Waals surface area contributed by atoms with Crippen LogP contribution in [0.5, 0.6) is 11.5 Å². The Labute approximate surface area is 164 Å². The summed E-state index contributed by atoms with van der Waals surface area (Å²) in [6, 6.07) is 4.96. The molecule has 9 heteroatoms. The van der Waals surface area contributed by atoms with Gasteiger partial charge >= 0.3 is 0 Å². The lowest BCUT2D eigenvalue weighted by atomic mass is 9.97. The van der Waals surface area contributed by atoms with E-state index >= 15 is 0 Å². The van der Waals surface area contributed by atoms with Crippen LogP contribution in [0, 0.1) is 0 Å². The van der Waals surface area contributed by atoms with Crippen LogP contribution in [0.3, 0.4) is 0 Å². The number of rotatable bonds is 6. The van der Waals surface area contributed by atoms with E-state index in [-0.39, 0.29) is 31.5 Å². The van der Waals surface area contributed by atoms with E-state index in [1.165, 1.54) is 0 Å². The van der Waals surface area contributed by atoms with Crippen molar-refractivity contribution >= 4 is 11.8 Å². The van der Waals surface area contributed by atoms with Crippen LogP contribution in [0.2, 0.25) is 0 Å². The molecule has 2 amide bonds. The average molecular weight is 393 g/mol. The minimum absolute atomic E-state index is 0.0781. The van der Waals surface area contributed by atoms with Gasteiger partial charge in [0.25, 0.3) is 0 Å². The SMILES string of the molecule is COc1ccc([C@H]2[C@H](CO)OCCN2C(=O)CN2CCNC(=O)C2)cc1OC. The molecule has 1 aromatic rings. The highest BCUT2D eigenvalue weighted by Gasteiger charge is 2.37. The molecular formula is C19H27N3O6. The smallest absolute Gasteiger partial charge is 0.237 e. The molecule has 1 aromatic carbocycles. The molecule has 2 aliphatic rings. The Morgan fingerprint density at radius 3 is 2.75 bits per heavy atom. The van der Waals surface area contributed by atoms with Gasteiger partial charge in [-0.15, -0.1) is 0 Å². The molecule has 0 unspecified atom stereocenters. The molecule has 0 bridgehead atoms. The van der Waals surface area contributed by atoms with Crippen molar-refractivity contribution in [1.82, 2.24) is 15.1 Å². The number of piperazine rings is 1. The highest BCUT2D eigenvalue weighted by atomic mass is 16.5. The van der Waals surface area contributed by atoms with Gasteiger partial charge in [0.1, 0.15) is 6.10 Å². The summed E-state index contributed by atoms with van der Waals surface area (Å²) in [5.41, 5.74) is 0.793. The minimum atomic E-state index is -0.541. The van der Waals surface area contributed by atoms with Gasteiger partial charge in [0, 0.05) is 19.6 Å². The first-order valence-corrected chi connectivity index (χ1v) is 9.30. The van der Waals surface area contributed by atoms with Gasteiger partial charge in [-0.05, 0) is 17.7 Å². The van der Waals surface area contributed by atoms with E-state index in [0.29, 0.717) is 37.7 Å². The van der Waals surface area contributed by atoms with Crippen molar-refractivity contribution in [3.05, 3.63) is 23.8 Å². The monoisotopic (exact) mass is 393 g/mol. The van der Waals surface area contributed by atoms with Crippen LogP contribution in [0.15, 0.2) is 18.2 Å². The predicted molar refractivity (Wildman–Crippen MR) is 100 cm³/mol. The summed E-state index contributed by atoms with van der Waals surface area (Å²) in [6.07, 6.45) is -0.541. The number of aliphatic hydroxyl groups is 1. The van der Waals surface area contributed by atoms with Gasteiger partial charge in [0.2, 0.25) is 11.8 Å². The van der Waals surface area contributed by atoms with Crippen molar-refractivity contribution < 1.29 is 28.9 Å². The van der Waals surface area contributed by atoms with E-state index in [4.69, 9.17) is 14.2 Å². The number of amides is 2. The number of aliphatic hydroxyl groups excluding tert-OH is 1. The highest BCUT2D eigenvalue weighted by Crippen LogP contribution is 2.35. The van der Waals surface area contributed by atoms with Crippen LogP contribution in [0.25, 0.3) is 0 Å². The van der Waals surface area contributed by atoms with Gasteiger partial charge < -0.3 is 29.5 Å². The first-order chi connectivity index (χ1) is 13.6. The molecule has 0 radical (unpaired) electrons. The van der Waals surface area contributed by atoms with Crippen molar-refractivity contribution in [2.45, 2.75) is 12.1 Å². The Morgan fingerprint density at radius 1 is 1.29 bits per heavy atom.